The second-order valence-corrected chi connectivity index (χ2v) is 4.90. The zero-order valence-electron chi connectivity index (χ0n) is 9.19. The molecular weight excluding hydrogens is 288 g/mol. The fourth-order valence-corrected chi connectivity index (χ4v) is 2.29. The van der Waals surface area contributed by atoms with E-state index in [0.29, 0.717) is 10.2 Å². The maximum Gasteiger partial charge on any atom is 0.274 e. The predicted molar refractivity (Wildman–Crippen MR) is 67.3 cm³/mol. The molecule has 6 heteroatoms. The molecule has 1 unspecified atom stereocenters. The molecule has 17 heavy (non-hydrogen) atoms. The number of hydrogen-bond donors (Lipinski definition) is 1. The molecule has 1 heterocycles. The minimum atomic E-state index is -0.420. The van der Waals surface area contributed by atoms with Crippen LogP contribution in [0.2, 0.25) is 0 Å². The number of piperidine rings is 1. The molecule has 1 saturated heterocycles. The van der Waals surface area contributed by atoms with Gasteiger partial charge in [-0.2, -0.15) is 0 Å². The lowest BCUT2D eigenvalue weighted by molar-refractivity contribution is -0.385. The van der Waals surface area contributed by atoms with Crippen molar-refractivity contribution < 1.29 is 9.66 Å². The van der Waals surface area contributed by atoms with Gasteiger partial charge in [0.15, 0.2) is 0 Å². The molecule has 0 saturated carbocycles. The highest BCUT2D eigenvalue weighted by Gasteiger charge is 2.16. The summed E-state index contributed by atoms with van der Waals surface area (Å²) in [5, 5.41) is 14.0. The summed E-state index contributed by atoms with van der Waals surface area (Å²) in [5.41, 5.74) is 0.0399. The Morgan fingerprint density at radius 1 is 1.47 bits per heavy atom. The number of rotatable bonds is 3. The Hall–Kier alpha value is -1.14. The van der Waals surface area contributed by atoms with Crippen LogP contribution in [-0.4, -0.2) is 24.1 Å². The van der Waals surface area contributed by atoms with Crippen LogP contribution in [0, 0.1) is 10.1 Å². The molecule has 5 nitrogen and oxygen atoms in total. The van der Waals surface area contributed by atoms with Crippen molar-refractivity contribution in [3.8, 4) is 5.75 Å². The second kappa shape index (κ2) is 5.46. The molecule has 1 aliphatic rings. The van der Waals surface area contributed by atoms with Gasteiger partial charge in [0.1, 0.15) is 11.9 Å². The van der Waals surface area contributed by atoms with Crippen LogP contribution in [0.1, 0.15) is 12.8 Å². The summed E-state index contributed by atoms with van der Waals surface area (Å²) in [5.74, 6) is 0.541. The third-order valence-electron chi connectivity index (χ3n) is 2.62. The van der Waals surface area contributed by atoms with E-state index in [1.807, 2.05) is 0 Å². The van der Waals surface area contributed by atoms with E-state index in [0.717, 1.165) is 25.9 Å². The smallest absolute Gasteiger partial charge is 0.274 e. The maximum absolute atomic E-state index is 10.7. The molecule has 0 aliphatic carbocycles. The van der Waals surface area contributed by atoms with Gasteiger partial charge in [-0.15, -0.1) is 0 Å². The number of nitro groups is 1. The van der Waals surface area contributed by atoms with E-state index in [1.165, 1.54) is 12.1 Å². The molecule has 2 rings (SSSR count). The monoisotopic (exact) mass is 300 g/mol. The lowest BCUT2D eigenvalue weighted by Crippen LogP contribution is -2.37. The first-order valence-electron chi connectivity index (χ1n) is 5.47. The standard InChI is InChI=1S/C11H13BrN2O3/c12-8-4-9(14(15)16)6-11(5-8)17-10-2-1-3-13-7-10/h4-6,10,13H,1-3,7H2. The summed E-state index contributed by atoms with van der Waals surface area (Å²) in [6, 6.07) is 4.67. The minimum absolute atomic E-state index is 0.0399. The lowest BCUT2D eigenvalue weighted by Gasteiger charge is -2.23. The number of ether oxygens (including phenoxy) is 1. The predicted octanol–water partition coefficient (Wildman–Crippen LogP) is 2.49. The van der Waals surface area contributed by atoms with Gasteiger partial charge >= 0.3 is 0 Å². The fraction of sp³-hybridized carbons (Fsp3) is 0.455. The first-order chi connectivity index (χ1) is 8.15. The van der Waals surface area contributed by atoms with Crippen molar-refractivity contribution in [3.05, 3.63) is 32.8 Å². The zero-order valence-corrected chi connectivity index (χ0v) is 10.8. The third kappa shape index (κ3) is 3.41. The van der Waals surface area contributed by atoms with Gasteiger partial charge in [0.05, 0.1) is 11.0 Å². The molecule has 1 fully saturated rings. The van der Waals surface area contributed by atoms with E-state index in [9.17, 15) is 10.1 Å². The Balaban J connectivity index is 2.11. The Morgan fingerprint density at radius 3 is 2.94 bits per heavy atom. The maximum atomic E-state index is 10.7. The van der Waals surface area contributed by atoms with Gasteiger partial charge in [0, 0.05) is 17.1 Å². The van der Waals surface area contributed by atoms with Crippen LogP contribution in [0.3, 0.4) is 0 Å². The van der Waals surface area contributed by atoms with Gasteiger partial charge in [0.25, 0.3) is 5.69 Å². The number of nitrogens with zero attached hydrogens (tertiary/aromatic N) is 1. The summed E-state index contributed by atoms with van der Waals surface area (Å²) < 4.78 is 6.39. The Morgan fingerprint density at radius 2 is 2.29 bits per heavy atom. The van der Waals surface area contributed by atoms with Gasteiger partial charge < -0.3 is 10.1 Å². The molecule has 0 bridgehead atoms. The average Bonchev–Trinajstić information content (AvgIpc) is 2.29. The van der Waals surface area contributed by atoms with Crippen molar-refractivity contribution >= 4 is 21.6 Å². The normalized spacial score (nSPS) is 19.9. The van der Waals surface area contributed by atoms with E-state index in [4.69, 9.17) is 4.74 Å². The van der Waals surface area contributed by atoms with Crippen molar-refractivity contribution in [3.63, 3.8) is 0 Å². The average molecular weight is 301 g/mol. The lowest BCUT2D eigenvalue weighted by atomic mass is 10.1. The molecule has 0 spiro atoms. The minimum Gasteiger partial charge on any atom is -0.489 e. The number of halogens is 1. The van der Waals surface area contributed by atoms with Crippen LogP contribution >= 0.6 is 15.9 Å². The molecule has 1 N–H and O–H groups in total. The SMILES string of the molecule is O=[N+]([O-])c1cc(Br)cc(OC2CCCNC2)c1. The first-order valence-corrected chi connectivity index (χ1v) is 6.27. The van der Waals surface area contributed by atoms with Crippen molar-refractivity contribution in [2.45, 2.75) is 18.9 Å². The number of nitrogens with one attached hydrogen (secondary N) is 1. The topological polar surface area (TPSA) is 64.4 Å². The van der Waals surface area contributed by atoms with Crippen molar-refractivity contribution in [1.29, 1.82) is 0 Å². The highest BCUT2D eigenvalue weighted by atomic mass is 79.9. The number of hydrogen-bond acceptors (Lipinski definition) is 4. The fourth-order valence-electron chi connectivity index (χ4n) is 1.83. The summed E-state index contributed by atoms with van der Waals surface area (Å²) >= 11 is 3.25. The first kappa shape index (κ1) is 12.3. The van der Waals surface area contributed by atoms with E-state index in [2.05, 4.69) is 21.2 Å². The highest BCUT2D eigenvalue weighted by Crippen LogP contribution is 2.27. The molecule has 1 aromatic carbocycles. The quantitative estimate of drug-likeness (QED) is 0.688. The Labute approximate surface area is 107 Å². The number of nitro benzene ring substituents is 1. The molecule has 0 radical (unpaired) electrons. The van der Waals surface area contributed by atoms with E-state index >= 15 is 0 Å². The van der Waals surface area contributed by atoms with Gasteiger partial charge in [-0.1, -0.05) is 15.9 Å². The summed E-state index contributed by atoms with van der Waals surface area (Å²) in [7, 11) is 0. The molecule has 1 atom stereocenters. The van der Waals surface area contributed by atoms with Crippen LogP contribution in [0.15, 0.2) is 22.7 Å². The third-order valence-corrected chi connectivity index (χ3v) is 3.08. The van der Waals surface area contributed by atoms with Gasteiger partial charge in [-0.3, -0.25) is 10.1 Å². The zero-order chi connectivity index (χ0) is 12.3. The number of benzene rings is 1. The Kier molecular flexibility index (Phi) is 3.96. The van der Waals surface area contributed by atoms with Crippen molar-refractivity contribution in [2.75, 3.05) is 13.1 Å². The van der Waals surface area contributed by atoms with Crippen LogP contribution in [0.4, 0.5) is 5.69 Å². The molecule has 1 aromatic rings. The van der Waals surface area contributed by atoms with Crippen LogP contribution in [0.25, 0.3) is 0 Å². The van der Waals surface area contributed by atoms with Crippen LogP contribution in [-0.2, 0) is 0 Å². The molecule has 0 amide bonds. The van der Waals surface area contributed by atoms with Crippen molar-refractivity contribution in [1.82, 2.24) is 5.32 Å². The Bertz CT molecular complexity index is 419. The summed E-state index contributed by atoms with van der Waals surface area (Å²) in [4.78, 5) is 10.3. The highest BCUT2D eigenvalue weighted by molar-refractivity contribution is 9.10. The second-order valence-electron chi connectivity index (χ2n) is 3.99. The van der Waals surface area contributed by atoms with E-state index in [-0.39, 0.29) is 11.8 Å². The summed E-state index contributed by atoms with van der Waals surface area (Å²) in [6.45, 7) is 1.80. The van der Waals surface area contributed by atoms with Gasteiger partial charge in [0.2, 0.25) is 0 Å². The van der Waals surface area contributed by atoms with Crippen molar-refractivity contribution in [2.24, 2.45) is 0 Å². The van der Waals surface area contributed by atoms with Gasteiger partial charge in [-0.05, 0) is 25.5 Å². The molecular formula is C11H13BrN2O3. The summed E-state index contributed by atoms with van der Waals surface area (Å²) in [6.07, 6.45) is 2.14. The molecule has 0 aromatic heterocycles. The van der Waals surface area contributed by atoms with Crippen LogP contribution in [0.5, 0.6) is 5.75 Å². The van der Waals surface area contributed by atoms with E-state index in [1.54, 1.807) is 6.07 Å². The van der Waals surface area contributed by atoms with Crippen LogP contribution < -0.4 is 10.1 Å². The molecule has 1 aliphatic heterocycles. The number of non-ortho nitro benzene ring substituents is 1. The van der Waals surface area contributed by atoms with Gasteiger partial charge in [-0.25, -0.2) is 0 Å². The molecule has 92 valence electrons. The largest absolute Gasteiger partial charge is 0.489 e. The van der Waals surface area contributed by atoms with E-state index < -0.39 is 4.92 Å².